The number of carbonyl (C=O) groups is 1. The van der Waals surface area contributed by atoms with Gasteiger partial charge in [0.15, 0.2) is 5.78 Å². The number of fused-ring (bicyclic) bond motifs is 1. The van der Waals surface area contributed by atoms with Gasteiger partial charge in [0.05, 0.1) is 11.3 Å². The van der Waals surface area contributed by atoms with Crippen LogP contribution in [0.25, 0.3) is 89.1 Å². The standard InChI is InChI=1S/C56H40N2O2.Ir/c1-38(59)33-48(60)30-27-39-13-5-7-17-49(39)45-34-46(36-47(35-45)53-21-11-9-19-51(53)44-29-31-54(57-37-44)41-14-3-2-4-15-41)52-20-10-8-18-50(52)40-23-25-43(26-24-40)56-32-28-42-16-6-12-22-55(42)58-56;/h2-14,16-25,28-29,31-37,59H,27,30H2,1H3;/q-2;/b38-33-;. The van der Waals surface area contributed by atoms with Gasteiger partial charge in [-0.05, 0) is 104 Å². The Morgan fingerprint density at radius 1 is 0.574 bits per heavy atom. The fourth-order valence-electron chi connectivity index (χ4n) is 7.88. The summed E-state index contributed by atoms with van der Waals surface area (Å²) in [5, 5.41) is 10.8. The van der Waals surface area contributed by atoms with Gasteiger partial charge >= 0.3 is 0 Å². The second kappa shape index (κ2) is 18.5. The monoisotopic (exact) mass is 965 g/mol. The van der Waals surface area contributed by atoms with E-state index in [0.717, 1.165) is 94.6 Å². The molecule has 9 aromatic rings. The molecule has 0 aliphatic carbocycles. The van der Waals surface area contributed by atoms with Crippen LogP contribution in [0.4, 0.5) is 0 Å². The van der Waals surface area contributed by atoms with Gasteiger partial charge in [-0.25, -0.2) is 0 Å². The van der Waals surface area contributed by atoms with Gasteiger partial charge in [0.2, 0.25) is 0 Å². The first-order valence-electron chi connectivity index (χ1n) is 20.1. The zero-order valence-corrected chi connectivity index (χ0v) is 35.9. The van der Waals surface area contributed by atoms with Crippen molar-refractivity contribution in [2.75, 3.05) is 0 Å². The number of benzene rings is 7. The molecule has 0 bridgehead atoms. The molecule has 7 aromatic carbocycles. The maximum atomic E-state index is 12.7. The van der Waals surface area contributed by atoms with E-state index < -0.39 is 0 Å². The van der Waals surface area contributed by atoms with E-state index in [1.807, 2.05) is 60.8 Å². The summed E-state index contributed by atoms with van der Waals surface area (Å²) in [7, 11) is 0. The van der Waals surface area contributed by atoms with Gasteiger partial charge in [0.25, 0.3) is 0 Å². The van der Waals surface area contributed by atoms with Gasteiger partial charge in [-0.3, -0.25) is 9.78 Å². The molecule has 0 fully saturated rings. The van der Waals surface area contributed by atoms with Crippen LogP contribution in [0.2, 0.25) is 0 Å². The molecule has 1 N–H and O–H groups in total. The molecule has 0 aliphatic heterocycles. The fraction of sp³-hybridized carbons (Fsp3) is 0.0536. The Balaban J connectivity index is 0.00000514. The Hall–Kier alpha value is -7.04. The molecule has 9 rings (SSSR count). The predicted molar refractivity (Wildman–Crippen MR) is 245 cm³/mol. The van der Waals surface area contributed by atoms with E-state index in [4.69, 9.17) is 9.97 Å². The second-order valence-corrected chi connectivity index (χ2v) is 14.9. The number of hydrogen-bond donors (Lipinski definition) is 1. The maximum absolute atomic E-state index is 12.7. The minimum Gasteiger partial charge on any atom is -0.512 e. The number of carbonyl (C=O) groups excluding carboxylic acids is 1. The number of allylic oxidation sites excluding steroid dienone is 2. The van der Waals surface area contributed by atoms with Crippen molar-refractivity contribution >= 4 is 16.7 Å². The molecule has 0 amide bonds. The molecule has 0 atom stereocenters. The number of hydrogen-bond acceptors (Lipinski definition) is 4. The first-order valence-corrected chi connectivity index (χ1v) is 20.1. The Morgan fingerprint density at radius 3 is 1.79 bits per heavy atom. The van der Waals surface area contributed by atoms with Crippen molar-refractivity contribution in [3.05, 3.63) is 218 Å². The van der Waals surface area contributed by atoms with Gasteiger partial charge in [-0.15, -0.1) is 65.7 Å². The fourth-order valence-corrected chi connectivity index (χ4v) is 7.88. The molecule has 0 saturated heterocycles. The van der Waals surface area contributed by atoms with Crippen LogP contribution in [-0.4, -0.2) is 20.9 Å². The van der Waals surface area contributed by atoms with E-state index in [-0.39, 0.29) is 38.1 Å². The summed E-state index contributed by atoms with van der Waals surface area (Å²) in [5.41, 5.74) is 16.3. The van der Waals surface area contributed by atoms with Crippen molar-refractivity contribution < 1.29 is 30.0 Å². The predicted octanol–water partition coefficient (Wildman–Crippen LogP) is 13.9. The average molecular weight is 965 g/mol. The van der Waals surface area contributed by atoms with E-state index >= 15 is 0 Å². The molecule has 297 valence electrons. The van der Waals surface area contributed by atoms with Gasteiger partial charge in [0.1, 0.15) is 0 Å². The first-order chi connectivity index (χ1) is 29.5. The Labute approximate surface area is 370 Å². The number of aryl methyl sites for hydroxylation is 1. The molecule has 4 nitrogen and oxygen atoms in total. The molecule has 2 aromatic heterocycles. The smallest absolute Gasteiger partial charge is 0.159 e. The first kappa shape index (κ1) is 40.7. The summed E-state index contributed by atoms with van der Waals surface area (Å²) in [6.07, 6.45) is 4.07. The van der Waals surface area contributed by atoms with Gasteiger partial charge in [-0.1, -0.05) is 126 Å². The molecule has 0 spiro atoms. The van der Waals surface area contributed by atoms with E-state index in [2.05, 4.69) is 140 Å². The van der Waals surface area contributed by atoms with Crippen LogP contribution in [0.15, 0.2) is 200 Å². The van der Waals surface area contributed by atoms with Crippen molar-refractivity contribution in [3.8, 4) is 78.1 Å². The van der Waals surface area contributed by atoms with Gasteiger partial charge in [-0.2, -0.15) is 0 Å². The minimum absolute atomic E-state index is 0. The molecule has 0 unspecified atom stereocenters. The summed E-state index contributed by atoms with van der Waals surface area (Å²) >= 11 is 0. The average Bonchev–Trinajstić information content (AvgIpc) is 3.31. The van der Waals surface area contributed by atoms with Crippen molar-refractivity contribution in [3.63, 3.8) is 0 Å². The van der Waals surface area contributed by atoms with Gasteiger partial charge < -0.3 is 10.1 Å². The number of pyridine rings is 2. The number of para-hydroxylation sites is 1. The Kier molecular flexibility index (Phi) is 12.3. The van der Waals surface area contributed by atoms with Crippen molar-refractivity contribution in [1.29, 1.82) is 0 Å². The summed E-state index contributed by atoms with van der Waals surface area (Å²) in [6, 6.07) is 69.6. The zero-order valence-electron chi connectivity index (χ0n) is 33.5. The van der Waals surface area contributed by atoms with Gasteiger partial charge in [0, 0.05) is 38.8 Å². The van der Waals surface area contributed by atoms with E-state index in [9.17, 15) is 9.90 Å². The molecule has 2 heterocycles. The van der Waals surface area contributed by atoms with E-state index in [1.54, 1.807) is 0 Å². The number of aromatic nitrogens is 2. The molecule has 0 saturated carbocycles. The maximum Gasteiger partial charge on any atom is 0.159 e. The number of ketones is 1. The van der Waals surface area contributed by atoms with Crippen LogP contribution in [0, 0.1) is 12.1 Å². The SMILES string of the molecule is C/C(O)=C/C(=O)CCc1ccccc1-c1cc(-c2ccccc2-c2c[c-]c(-c3ccc4ccccc4n3)cc2)cc(-c2ccccc2-c2ccc(-c3[c-]cccc3)nc2)c1.[Ir]. The molecule has 5 heteroatoms. The third-order valence-corrected chi connectivity index (χ3v) is 10.8. The van der Waals surface area contributed by atoms with Crippen LogP contribution in [-0.2, 0) is 31.3 Å². The number of aliphatic hydroxyl groups excluding tert-OH is 1. The Morgan fingerprint density at radius 2 is 1.15 bits per heavy atom. The molecule has 0 aliphatic rings. The zero-order chi connectivity index (χ0) is 40.8. The van der Waals surface area contributed by atoms with Crippen molar-refractivity contribution in [2.45, 2.75) is 19.8 Å². The van der Waals surface area contributed by atoms with E-state index in [1.165, 1.54) is 13.0 Å². The van der Waals surface area contributed by atoms with Crippen molar-refractivity contribution in [1.82, 2.24) is 9.97 Å². The van der Waals surface area contributed by atoms with Crippen LogP contribution >= 0.6 is 0 Å². The summed E-state index contributed by atoms with van der Waals surface area (Å²) in [4.78, 5) is 22.5. The molecular weight excluding hydrogens is 925 g/mol. The summed E-state index contributed by atoms with van der Waals surface area (Å²) in [6.45, 7) is 1.52. The molecule has 61 heavy (non-hydrogen) atoms. The Bertz CT molecular complexity index is 3010. The van der Waals surface area contributed by atoms with Crippen LogP contribution in [0.1, 0.15) is 18.9 Å². The number of aliphatic hydroxyl groups is 1. The summed E-state index contributed by atoms with van der Waals surface area (Å²) in [5.74, 6) is -0.0881. The van der Waals surface area contributed by atoms with Crippen molar-refractivity contribution in [2.24, 2.45) is 0 Å². The quantitative estimate of drug-likeness (QED) is 0.0797. The third kappa shape index (κ3) is 9.10. The summed E-state index contributed by atoms with van der Waals surface area (Å²) < 4.78 is 0. The molecule has 1 radical (unpaired) electrons. The topological polar surface area (TPSA) is 63.1 Å². The van der Waals surface area contributed by atoms with Crippen LogP contribution in [0.3, 0.4) is 0 Å². The third-order valence-electron chi connectivity index (χ3n) is 10.8. The van der Waals surface area contributed by atoms with E-state index in [0.29, 0.717) is 6.42 Å². The largest absolute Gasteiger partial charge is 0.512 e. The van der Waals surface area contributed by atoms with Crippen LogP contribution in [0.5, 0.6) is 0 Å². The minimum atomic E-state index is -0.105. The second-order valence-electron chi connectivity index (χ2n) is 14.9. The normalized spacial score (nSPS) is 11.3. The number of rotatable bonds is 11. The number of nitrogens with zero attached hydrogens (tertiary/aromatic N) is 2. The van der Waals surface area contributed by atoms with Crippen LogP contribution < -0.4 is 0 Å². The molecular formula is C56H40IrN2O2-2.